The van der Waals surface area contributed by atoms with E-state index in [9.17, 15) is 4.79 Å². The zero-order chi connectivity index (χ0) is 13.8. The number of carbonyl (C=O) groups is 1. The van der Waals surface area contributed by atoms with Gasteiger partial charge in [0.25, 0.3) is 5.91 Å². The average molecular weight is 332 g/mol. The Hall–Kier alpha value is -0.750. The monoisotopic (exact) mass is 331 g/mol. The number of carbonyl (C=O) groups excluding carboxylic acids is 1. The molecule has 18 heavy (non-hydrogen) atoms. The third-order valence-electron chi connectivity index (χ3n) is 2.56. The predicted molar refractivity (Wildman–Crippen MR) is 81.4 cm³/mol. The van der Waals surface area contributed by atoms with Gasteiger partial charge in [0.1, 0.15) is 5.82 Å². The second-order valence-electron chi connectivity index (χ2n) is 4.45. The average Bonchev–Trinajstić information content (AvgIpc) is 2.36. The van der Waals surface area contributed by atoms with Crippen LogP contribution in [0.25, 0.3) is 0 Å². The number of thioether (sulfide) groups is 1. The largest absolute Gasteiger partial charge is 0.372 e. The van der Waals surface area contributed by atoms with Crippen LogP contribution >= 0.6 is 27.7 Å². The molecule has 1 amide bonds. The first-order valence-corrected chi connectivity index (χ1v) is 7.58. The van der Waals surface area contributed by atoms with E-state index in [-0.39, 0.29) is 10.7 Å². The third kappa shape index (κ3) is 4.17. The number of nitrogens with zero attached hydrogens (tertiary/aromatic N) is 1. The molecule has 1 aromatic rings. The van der Waals surface area contributed by atoms with Crippen LogP contribution in [0.4, 0.5) is 5.82 Å². The van der Waals surface area contributed by atoms with Crippen molar-refractivity contribution < 1.29 is 4.79 Å². The highest BCUT2D eigenvalue weighted by Gasteiger charge is 2.19. The minimum atomic E-state index is -0.115. The summed E-state index contributed by atoms with van der Waals surface area (Å²) in [5.74, 6) is 0.466. The Bertz CT molecular complexity index is 437. The lowest BCUT2D eigenvalue weighted by atomic mass is 10.2. The molecular weight excluding hydrogens is 314 g/mol. The fourth-order valence-corrected chi connectivity index (χ4v) is 1.82. The number of hydrogen-bond acceptors (Lipinski definition) is 4. The van der Waals surface area contributed by atoms with Crippen molar-refractivity contribution in [3.05, 3.63) is 22.3 Å². The molecule has 1 aromatic heterocycles. The fourth-order valence-electron chi connectivity index (χ4n) is 1.27. The van der Waals surface area contributed by atoms with Crippen LogP contribution in [0.3, 0.4) is 0 Å². The number of rotatable bonds is 5. The first-order valence-electron chi connectivity index (χ1n) is 5.56. The van der Waals surface area contributed by atoms with E-state index >= 15 is 0 Å². The van der Waals surface area contributed by atoms with Crippen LogP contribution in [-0.2, 0) is 0 Å². The minimum absolute atomic E-state index is 0.0227. The molecule has 0 unspecified atom stereocenters. The number of halogens is 1. The molecule has 0 aliphatic heterocycles. The number of aromatic nitrogens is 1. The van der Waals surface area contributed by atoms with E-state index in [1.165, 1.54) is 0 Å². The van der Waals surface area contributed by atoms with Crippen LogP contribution in [0.15, 0.2) is 16.7 Å². The van der Waals surface area contributed by atoms with Crippen molar-refractivity contribution in [2.45, 2.75) is 18.6 Å². The topological polar surface area (TPSA) is 54.0 Å². The fraction of sp³-hybridized carbons (Fsp3) is 0.500. The van der Waals surface area contributed by atoms with Crippen molar-refractivity contribution in [2.24, 2.45) is 0 Å². The quantitative estimate of drug-likeness (QED) is 0.871. The molecule has 0 saturated heterocycles. The van der Waals surface area contributed by atoms with E-state index in [1.807, 2.05) is 6.26 Å². The molecule has 0 aromatic carbocycles. The van der Waals surface area contributed by atoms with Crippen LogP contribution in [0.2, 0.25) is 0 Å². The molecule has 0 bridgehead atoms. The van der Waals surface area contributed by atoms with Crippen molar-refractivity contribution in [1.29, 1.82) is 0 Å². The molecule has 0 radical (unpaired) electrons. The van der Waals surface area contributed by atoms with Gasteiger partial charge in [-0.2, -0.15) is 11.8 Å². The normalized spacial score (nSPS) is 11.2. The van der Waals surface area contributed by atoms with Crippen molar-refractivity contribution in [3.8, 4) is 0 Å². The molecule has 6 heteroatoms. The van der Waals surface area contributed by atoms with E-state index < -0.39 is 0 Å². The number of anilines is 1. The van der Waals surface area contributed by atoms with Gasteiger partial charge in [-0.3, -0.25) is 4.79 Å². The third-order valence-corrected chi connectivity index (χ3v) is 4.25. The Morgan fingerprint density at radius 1 is 1.56 bits per heavy atom. The first-order chi connectivity index (χ1) is 8.39. The molecule has 0 aliphatic rings. The Kier molecular flexibility index (Phi) is 5.47. The smallest absolute Gasteiger partial charge is 0.255 e. The summed E-state index contributed by atoms with van der Waals surface area (Å²) in [6.07, 6.45) is 3.69. The highest BCUT2D eigenvalue weighted by Crippen LogP contribution is 2.21. The lowest BCUT2D eigenvalue weighted by Gasteiger charge is -2.22. The van der Waals surface area contributed by atoms with E-state index in [0.717, 1.165) is 4.47 Å². The van der Waals surface area contributed by atoms with Gasteiger partial charge in [0.05, 0.1) is 5.56 Å². The van der Waals surface area contributed by atoms with E-state index in [4.69, 9.17) is 0 Å². The number of amides is 1. The summed E-state index contributed by atoms with van der Waals surface area (Å²) in [7, 11) is 1.75. The summed E-state index contributed by atoms with van der Waals surface area (Å²) in [4.78, 5) is 16.3. The Morgan fingerprint density at radius 3 is 2.78 bits per heavy atom. The molecule has 2 N–H and O–H groups in total. The summed E-state index contributed by atoms with van der Waals surface area (Å²) in [5, 5.41) is 5.85. The van der Waals surface area contributed by atoms with E-state index in [1.54, 1.807) is 31.1 Å². The van der Waals surface area contributed by atoms with Gasteiger partial charge in [-0.1, -0.05) is 0 Å². The van der Waals surface area contributed by atoms with Gasteiger partial charge >= 0.3 is 0 Å². The van der Waals surface area contributed by atoms with E-state index in [2.05, 4.69) is 45.4 Å². The standard InChI is InChI=1S/C12H18BrN3OS/c1-12(2,18-4)7-16-11(17)9-5-8(13)6-15-10(9)14-3/h5-6H,7H2,1-4H3,(H,14,15)(H,16,17). The van der Waals surface area contributed by atoms with Crippen molar-refractivity contribution >= 4 is 39.4 Å². The van der Waals surface area contributed by atoms with Crippen LogP contribution in [0, 0.1) is 0 Å². The van der Waals surface area contributed by atoms with Gasteiger partial charge in [-0.15, -0.1) is 0 Å². The molecule has 1 heterocycles. The molecule has 0 aliphatic carbocycles. The highest BCUT2D eigenvalue weighted by molar-refractivity contribution is 9.10. The SMILES string of the molecule is CNc1ncc(Br)cc1C(=O)NCC(C)(C)SC. The molecule has 1 rings (SSSR count). The minimum Gasteiger partial charge on any atom is -0.372 e. The summed E-state index contributed by atoms with van der Waals surface area (Å²) >= 11 is 5.05. The first kappa shape index (κ1) is 15.3. The summed E-state index contributed by atoms with van der Waals surface area (Å²) in [6, 6.07) is 1.76. The Morgan fingerprint density at radius 2 is 2.22 bits per heavy atom. The second kappa shape index (κ2) is 6.43. The lowest BCUT2D eigenvalue weighted by Crippen LogP contribution is -2.36. The van der Waals surface area contributed by atoms with Crippen LogP contribution in [0.5, 0.6) is 0 Å². The Labute approximate surface area is 120 Å². The zero-order valence-electron chi connectivity index (χ0n) is 11.0. The lowest BCUT2D eigenvalue weighted by molar-refractivity contribution is 0.0951. The predicted octanol–water partition coefficient (Wildman–Crippen LogP) is 2.76. The maximum absolute atomic E-state index is 12.1. The van der Waals surface area contributed by atoms with Crippen LogP contribution in [-0.4, -0.2) is 35.5 Å². The molecule has 0 spiro atoms. The molecule has 0 fully saturated rings. The number of hydrogen-bond donors (Lipinski definition) is 2. The maximum Gasteiger partial charge on any atom is 0.255 e. The molecule has 100 valence electrons. The Balaban J connectivity index is 2.81. The number of pyridine rings is 1. The summed E-state index contributed by atoms with van der Waals surface area (Å²) < 4.78 is 0.810. The van der Waals surface area contributed by atoms with Crippen molar-refractivity contribution in [3.63, 3.8) is 0 Å². The molecule has 0 atom stereocenters. The van der Waals surface area contributed by atoms with Gasteiger partial charge in [-0.25, -0.2) is 4.98 Å². The van der Waals surface area contributed by atoms with Crippen LogP contribution in [0.1, 0.15) is 24.2 Å². The van der Waals surface area contributed by atoms with Gasteiger partial charge < -0.3 is 10.6 Å². The van der Waals surface area contributed by atoms with E-state index in [0.29, 0.717) is 17.9 Å². The highest BCUT2D eigenvalue weighted by atomic mass is 79.9. The molecule has 4 nitrogen and oxygen atoms in total. The van der Waals surface area contributed by atoms with Gasteiger partial charge in [0.15, 0.2) is 0 Å². The second-order valence-corrected chi connectivity index (χ2v) is 6.88. The van der Waals surface area contributed by atoms with Crippen molar-refractivity contribution in [2.75, 3.05) is 25.2 Å². The number of nitrogens with one attached hydrogen (secondary N) is 2. The van der Waals surface area contributed by atoms with Crippen LogP contribution < -0.4 is 10.6 Å². The summed E-state index contributed by atoms with van der Waals surface area (Å²) in [5.41, 5.74) is 0.545. The van der Waals surface area contributed by atoms with Gasteiger partial charge in [-0.05, 0) is 42.1 Å². The van der Waals surface area contributed by atoms with Gasteiger partial charge in [0.2, 0.25) is 0 Å². The molecule has 0 saturated carbocycles. The molecular formula is C12H18BrN3OS. The van der Waals surface area contributed by atoms with Crippen molar-refractivity contribution in [1.82, 2.24) is 10.3 Å². The summed E-state index contributed by atoms with van der Waals surface area (Å²) in [6.45, 7) is 4.80. The van der Waals surface area contributed by atoms with Gasteiger partial charge in [0, 0.05) is 29.0 Å². The zero-order valence-corrected chi connectivity index (χ0v) is 13.4. The maximum atomic E-state index is 12.1.